The molecule has 0 amide bonds. The van der Waals surface area contributed by atoms with Gasteiger partial charge in [-0.2, -0.15) is 0 Å². The van der Waals surface area contributed by atoms with Gasteiger partial charge in [0, 0.05) is 4.90 Å². The van der Waals surface area contributed by atoms with Gasteiger partial charge < -0.3 is 0 Å². The highest BCUT2D eigenvalue weighted by molar-refractivity contribution is 8.00. The van der Waals surface area contributed by atoms with Crippen molar-refractivity contribution in [2.24, 2.45) is 0 Å². The van der Waals surface area contributed by atoms with Crippen molar-refractivity contribution in [1.29, 1.82) is 0 Å². The second-order valence-electron chi connectivity index (χ2n) is 4.05. The Morgan fingerprint density at radius 2 is 2.18 bits per heavy atom. The molecule has 1 aromatic carbocycles. The van der Waals surface area contributed by atoms with Crippen molar-refractivity contribution in [1.82, 2.24) is 0 Å². The molecule has 92 valence electrons. The van der Waals surface area contributed by atoms with Gasteiger partial charge in [-0.15, -0.1) is 0 Å². The summed E-state index contributed by atoms with van der Waals surface area (Å²) in [5, 5.41) is 9.88. The predicted octanol–water partition coefficient (Wildman–Crippen LogP) is 3.30. The first-order valence-electron chi connectivity index (χ1n) is 5.75. The van der Waals surface area contributed by atoms with Gasteiger partial charge in [-0.1, -0.05) is 38.0 Å². The number of nitrogens with zero attached hydrogens (tertiary/aromatic N) is 1. The number of benzene rings is 1. The van der Waals surface area contributed by atoms with Crippen LogP contribution in [0.25, 0.3) is 0 Å². The Labute approximate surface area is 105 Å². The lowest BCUT2D eigenvalue weighted by Crippen LogP contribution is -2.22. The molecular weight excluding hydrogens is 238 g/mol. The minimum Gasteiger partial charge on any atom is -0.289 e. The summed E-state index contributed by atoms with van der Waals surface area (Å²) in [6, 6.07) is 9.38. The Morgan fingerprint density at radius 3 is 2.76 bits per heavy atom. The standard InChI is InChI=1S/C12H15NO3S/c1-2-3-9-11-12(16-11,13(14)15)17-10-7-5-4-6-8-10/h4-8,11H,2-3,9H2,1H3/t11-,12-/m1/s1. The minimum absolute atomic E-state index is 0.248. The molecular formula is C12H15NO3S. The first-order valence-corrected chi connectivity index (χ1v) is 6.57. The van der Waals surface area contributed by atoms with Crippen LogP contribution in [0.3, 0.4) is 0 Å². The van der Waals surface area contributed by atoms with E-state index in [1.54, 1.807) is 0 Å². The SMILES string of the molecule is CCCC[C@H]1O[C@]1(Sc1ccccc1)[N+](=O)[O-]. The third-order valence-electron chi connectivity index (χ3n) is 2.74. The average molecular weight is 253 g/mol. The number of rotatable bonds is 6. The van der Waals surface area contributed by atoms with Crippen LogP contribution in [0, 0.1) is 10.1 Å². The van der Waals surface area contributed by atoms with Crippen LogP contribution in [0.4, 0.5) is 0 Å². The first-order chi connectivity index (χ1) is 8.19. The van der Waals surface area contributed by atoms with E-state index in [1.165, 1.54) is 11.8 Å². The van der Waals surface area contributed by atoms with Crippen molar-refractivity contribution in [3.63, 3.8) is 0 Å². The third kappa shape index (κ3) is 2.61. The molecule has 2 rings (SSSR count). The van der Waals surface area contributed by atoms with E-state index in [1.807, 2.05) is 30.3 Å². The van der Waals surface area contributed by atoms with Gasteiger partial charge in [0.2, 0.25) is 0 Å². The van der Waals surface area contributed by atoms with Gasteiger partial charge >= 0.3 is 5.06 Å². The van der Waals surface area contributed by atoms with Crippen molar-refractivity contribution in [3.05, 3.63) is 40.4 Å². The number of ether oxygens (including phenoxy) is 1. The maximum Gasteiger partial charge on any atom is 0.405 e. The zero-order valence-electron chi connectivity index (χ0n) is 9.67. The zero-order chi connectivity index (χ0) is 12.3. The van der Waals surface area contributed by atoms with E-state index < -0.39 is 5.06 Å². The maximum absolute atomic E-state index is 11.1. The predicted molar refractivity (Wildman–Crippen MR) is 66.4 cm³/mol. The lowest BCUT2D eigenvalue weighted by Gasteiger charge is -2.04. The van der Waals surface area contributed by atoms with Crippen LogP contribution in [0.1, 0.15) is 26.2 Å². The van der Waals surface area contributed by atoms with E-state index in [4.69, 9.17) is 4.74 Å². The van der Waals surface area contributed by atoms with Gasteiger partial charge in [0.1, 0.15) is 0 Å². The topological polar surface area (TPSA) is 55.7 Å². The van der Waals surface area contributed by atoms with E-state index in [0.717, 1.165) is 24.2 Å². The molecule has 0 saturated carbocycles. The van der Waals surface area contributed by atoms with Gasteiger partial charge in [-0.3, -0.25) is 14.9 Å². The summed E-state index contributed by atoms with van der Waals surface area (Å²) in [4.78, 5) is 11.7. The first kappa shape index (κ1) is 12.4. The number of nitro groups is 1. The van der Waals surface area contributed by atoms with Gasteiger partial charge in [0.05, 0.1) is 4.92 Å². The Hall–Kier alpha value is -1.07. The fourth-order valence-corrected chi connectivity index (χ4v) is 2.86. The molecule has 0 unspecified atom stereocenters. The van der Waals surface area contributed by atoms with Crippen LogP contribution in [0.2, 0.25) is 0 Å². The molecule has 0 aromatic heterocycles. The Morgan fingerprint density at radius 1 is 1.47 bits per heavy atom. The van der Waals surface area contributed by atoms with Gasteiger partial charge in [0.25, 0.3) is 0 Å². The van der Waals surface area contributed by atoms with Crippen molar-refractivity contribution in [2.75, 3.05) is 0 Å². The summed E-state index contributed by atoms with van der Waals surface area (Å²) in [5.74, 6) is 0. The van der Waals surface area contributed by atoms with E-state index in [-0.39, 0.29) is 11.0 Å². The summed E-state index contributed by atoms with van der Waals surface area (Å²) in [6.07, 6.45) is 2.51. The molecule has 1 aliphatic rings. The highest BCUT2D eigenvalue weighted by Crippen LogP contribution is 2.52. The molecule has 1 heterocycles. The highest BCUT2D eigenvalue weighted by Gasteiger charge is 2.69. The molecule has 0 spiro atoms. The number of unbranched alkanes of at least 4 members (excludes halogenated alkanes) is 1. The van der Waals surface area contributed by atoms with E-state index >= 15 is 0 Å². The summed E-state index contributed by atoms with van der Waals surface area (Å²) in [7, 11) is 0. The Bertz CT molecular complexity index is 398. The number of hydrogen-bond donors (Lipinski definition) is 0. The smallest absolute Gasteiger partial charge is 0.289 e. The molecule has 0 bridgehead atoms. The van der Waals surface area contributed by atoms with Crippen molar-refractivity contribution in [2.45, 2.75) is 42.2 Å². The monoisotopic (exact) mass is 253 g/mol. The zero-order valence-corrected chi connectivity index (χ0v) is 10.5. The quantitative estimate of drug-likeness (QED) is 0.338. The Kier molecular flexibility index (Phi) is 3.69. The normalized spacial score (nSPS) is 26.8. The lowest BCUT2D eigenvalue weighted by atomic mass is 10.2. The number of thioether (sulfide) groups is 1. The average Bonchev–Trinajstić information content (AvgIpc) is 3.02. The molecule has 1 saturated heterocycles. The molecule has 4 nitrogen and oxygen atoms in total. The molecule has 1 aromatic rings. The summed E-state index contributed by atoms with van der Waals surface area (Å²) in [6.45, 7) is 2.07. The fraction of sp³-hybridized carbons (Fsp3) is 0.500. The van der Waals surface area contributed by atoms with Crippen molar-refractivity contribution in [3.8, 4) is 0 Å². The molecule has 0 radical (unpaired) electrons. The molecule has 2 atom stereocenters. The molecule has 17 heavy (non-hydrogen) atoms. The summed E-state index contributed by atoms with van der Waals surface area (Å²) >= 11 is 1.20. The molecule has 0 aliphatic carbocycles. The number of hydrogen-bond acceptors (Lipinski definition) is 4. The van der Waals surface area contributed by atoms with Crippen molar-refractivity contribution >= 4 is 11.8 Å². The molecule has 1 aliphatic heterocycles. The summed E-state index contributed by atoms with van der Waals surface area (Å²) in [5.41, 5.74) is 0. The van der Waals surface area contributed by atoms with Gasteiger partial charge in [-0.25, -0.2) is 0 Å². The van der Waals surface area contributed by atoms with Crippen LogP contribution >= 0.6 is 11.8 Å². The maximum atomic E-state index is 11.1. The van der Waals surface area contributed by atoms with E-state index in [0.29, 0.717) is 0 Å². The largest absolute Gasteiger partial charge is 0.405 e. The second-order valence-corrected chi connectivity index (χ2v) is 5.31. The van der Waals surface area contributed by atoms with Crippen LogP contribution in [0.5, 0.6) is 0 Å². The van der Waals surface area contributed by atoms with E-state index in [2.05, 4.69) is 6.92 Å². The summed E-state index contributed by atoms with van der Waals surface area (Å²) < 4.78 is 5.34. The van der Waals surface area contributed by atoms with Crippen LogP contribution in [-0.2, 0) is 4.74 Å². The number of epoxide rings is 1. The lowest BCUT2D eigenvalue weighted by molar-refractivity contribution is -0.532. The van der Waals surface area contributed by atoms with Crippen LogP contribution in [-0.4, -0.2) is 16.1 Å². The second kappa shape index (κ2) is 5.06. The Balaban J connectivity index is 2.03. The van der Waals surface area contributed by atoms with Crippen molar-refractivity contribution < 1.29 is 9.66 Å². The van der Waals surface area contributed by atoms with Gasteiger partial charge in [0.15, 0.2) is 6.10 Å². The minimum atomic E-state index is -1.24. The molecule has 1 fully saturated rings. The van der Waals surface area contributed by atoms with Crippen LogP contribution < -0.4 is 0 Å². The molecule has 5 heteroatoms. The van der Waals surface area contributed by atoms with Gasteiger partial charge in [-0.05, 0) is 30.3 Å². The van der Waals surface area contributed by atoms with Crippen LogP contribution in [0.15, 0.2) is 35.2 Å². The molecule has 0 N–H and O–H groups in total. The fourth-order valence-electron chi connectivity index (χ4n) is 1.75. The highest BCUT2D eigenvalue weighted by atomic mass is 32.2. The van der Waals surface area contributed by atoms with E-state index in [9.17, 15) is 10.1 Å². The third-order valence-corrected chi connectivity index (χ3v) is 4.05.